The first kappa shape index (κ1) is 15.5. The number of rotatable bonds is 4. The van der Waals surface area contributed by atoms with Crippen molar-refractivity contribution < 1.29 is 0 Å². The summed E-state index contributed by atoms with van der Waals surface area (Å²) in [6, 6.07) is 7.45. The van der Waals surface area contributed by atoms with Crippen LogP contribution < -0.4 is 5.73 Å². The van der Waals surface area contributed by atoms with Crippen molar-refractivity contribution in [3.8, 4) is 0 Å². The van der Waals surface area contributed by atoms with Crippen LogP contribution >= 0.6 is 0 Å². The van der Waals surface area contributed by atoms with Crippen LogP contribution in [0.15, 0.2) is 18.2 Å². The van der Waals surface area contributed by atoms with Gasteiger partial charge in [-0.25, -0.2) is 0 Å². The highest BCUT2D eigenvalue weighted by Crippen LogP contribution is 2.28. The van der Waals surface area contributed by atoms with Crippen LogP contribution in [0.4, 0.5) is 0 Å². The Morgan fingerprint density at radius 3 is 2.70 bits per heavy atom. The van der Waals surface area contributed by atoms with E-state index in [-0.39, 0.29) is 6.04 Å². The summed E-state index contributed by atoms with van der Waals surface area (Å²) >= 11 is 0. The van der Waals surface area contributed by atoms with Gasteiger partial charge in [0, 0.05) is 18.6 Å². The molecule has 0 amide bonds. The fourth-order valence-corrected chi connectivity index (χ4v) is 3.60. The molecule has 2 rings (SSSR count). The van der Waals surface area contributed by atoms with Gasteiger partial charge < -0.3 is 10.6 Å². The molecule has 0 saturated heterocycles. The van der Waals surface area contributed by atoms with E-state index in [9.17, 15) is 0 Å². The average molecular weight is 274 g/mol. The Labute approximate surface area is 124 Å². The molecule has 0 bridgehead atoms. The second-order valence-corrected chi connectivity index (χ2v) is 6.83. The van der Waals surface area contributed by atoms with Crippen LogP contribution in [0.3, 0.4) is 0 Å². The van der Waals surface area contributed by atoms with E-state index in [0.717, 1.165) is 18.5 Å². The maximum Gasteiger partial charge on any atom is 0.0426 e. The summed E-state index contributed by atoms with van der Waals surface area (Å²) in [5.74, 6) is 0.869. The van der Waals surface area contributed by atoms with E-state index >= 15 is 0 Å². The molecule has 0 spiro atoms. The maximum atomic E-state index is 6.45. The van der Waals surface area contributed by atoms with Gasteiger partial charge in [-0.1, -0.05) is 43.5 Å². The smallest absolute Gasteiger partial charge is 0.0426 e. The van der Waals surface area contributed by atoms with Gasteiger partial charge in [-0.3, -0.25) is 0 Å². The van der Waals surface area contributed by atoms with Crippen molar-refractivity contribution in [3.05, 3.63) is 34.9 Å². The zero-order valence-electron chi connectivity index (χ0n) is 13.5. The third kappa shape index (κ3) is 3.83. The van der Waals surface area contributed by atoms with Crippen LogP contribution in [0.25, 0.3) is 0 Å². The number of aryl methyl sites for hydroxylation is 2. The lowest BCUT2D eigenvalue weighted by atomic mass is 9.86. The lowest BCUT2D eigenvalue weighted by Crippen LogP contribution is -2.39. The van der Waals surface area contributed by atoms with Crippen LogP contribution in [0.1, 0.15) is 55.3 Å². The van der Waals surface area contributed by atoms with Crippen molar-refractivity contribution in [1.82, 2.24) is 4.90 Å². The van der Waals surface area contributed by atoms with Gasteiger partial charge in [-0.15, -0.1) is 0 Å². The largest absolute Gasteiger partial charge is 0.323 e. The molecule has 0 radical (unpaired) electrons. The molecule has 2 heteroatoms. The minimum Gasteiger partial charge on any atom is -0.323 e. The molecule has 20 heavy (non-hydrogen) atoms. The Balaban J connectivity index is 1.97. The summed E-state index contributed by atoms with van der Waals surface area (Å²) < 4.78 is 0. The van der Waals surface area contributed by atoms with Gasteiger partial charge in [0.15, 0.2) is 0 Å². The van der Waals surface area contributed by atoms with E-state index in [2.05, 4.69) is 50.9 Å². The summed E-state index contributed by atoms with van der Waals surface area (Å²) in [7, 11) is 2.24. The molecular formula is C18H30N2. The summed E-state index contributed by atoms with van der Waals surface area (Å²) in [6.07, 6.45) is 5.43. The third-order valence-corrected chi connectivity index (χ3v) is 4.84. The fourth-order valence-electron chi connectivity index (χ4n) is 3.60. The number of hydrogen-bond donors (Lipinski definition) is 1. The number of benzene rings is 1. The fraction of sp³-hybridized carbons (Fsp3) is 0.667. The number of nitrogens with zero attached hydrogens (tertiary/aromatic N) is 1. The maximum absolute atomic E-state index is 6.45. The lowest BCUT2D eigenvalue weighted by Gasteiger charge is -2.35. The average Bonchev–Trinajstić information content (AvgIpc) is 2.38. The van der Waals surface area contributed by atoms with E-state index in [1.807, 2.05) is 0 Å². The van der Waals surface area contributed by atoms with Gasteiger partial charge in [0.1, 0.15) is 0 Å². The minimum atomic E-state index is 0.123. The molecule has 1 aromatic carbocycles. The van der Waals surface area contributed by atoms with Gasteiger partial charge in [-0.05, 0) is 50.8 Å². The molecule has 3 unspecified atom stereocenters. The van der Waals surface area contributed by atoms with Gasteiger partial charge in [0.25, 0.3) is 0 Å². The van der Waals surface area contributed by atoms with Gasteiger partial charge in [-0.2, -0.15) is 0 Å². The van der Waals surface area contributed by atoms with E-state index in [1.54, 1.807) is 0 Å². The molecule has 0 aromatic heterocycles. The molecule has 1 aliphatic carbocycles. The highest BCUT2D eigenvalue weighted by molar-refractivity contribution is 5.32. The van der Waals surface area contributed by atoms with Gasteiger partial charge >= 0.3 is 0 Å². The molecular weight excluding hydrogens is 244 g/mol. The van der Waals surface area contributed by atoms with Crippen LogP contribution in [0.5, 0.6) is 0 Å². The quantitative estimate of drug-likeness (QED) is 0.904. The van der Waals surface area contributed by atoms with Crippen molar-refractivity contribution in [2.45, 2.75) is 58.5 Å². The number of likely N-dealkylation sites (N-methyl/N-ethyl adjacent to an activating group) is 1. The van der Waals surface area contributed by atoms with Crippen molar-refractivity contribution >= 4 is 0 Å². The Morgan fingerprint density at radius 2 is 2.05 bits per heavy atom. The zero-order chi connectivity index (χ0) is 14.7. The second-order valence-electron chi connectivity index (χ2n) is 6.83. The van der Waals surface area contributed by atoms with E-state index in [1.165, 1.54) is 42.4 Å². The highest BCUT2D eigenvalue weighted by Gasteiger charge is 2.23. The zero-order valence-corrected chi connectivity index (χ0v) is 13.5. The minimum absolute atomic E-state index is 0.123. The monoisotopic (exact) mass is 274 g/mol. The molecule has 1 aliphatic rings. The predicted molar refractivity (Wildman–Crippen MR) is 86.9 cm³/mol. The third-order valence-electron chi connectivity index (χ3n) is 4.84. The summed E-state index contributed by atoms with van der Waals surface area (Å²) in [6.45, 7) is 7.65. The summed E-state index contributed by atoms with van der Waals surface area (Å²) in [5, 5.41) is 0. The molecule has 2 nitrogen and oxygen atoms in total. The molecule has 3 atom stereocenters. The SMILES string of the molecule is Cc1ccc(C(N)CN(C)C2CCCC(C)C2)c(C)c1. The van der Waals surface area contributed by atoms with E-state index in [4.69, 9.17) is 5.73 Å². The number of hydrogen-bond acceptors (Lipinski definition) is 2. The summed E-state index contributed by atoms with van der Waals surface area (Å²) in [4.78, 5) is 2.49. The Bertz CT molecular complexity index is 441. The highest BCUT2D eigenvalue weighted by atomic mass is 15.1. The molecule has 0 heterocycles. The standard InChI is InChI=1S/C18H30N2/c1-13-6-5-7-16(11-13)20(4)12-18(19)17-9-8-14(2)10-15(17)3/h8-10,13,16,18H,5-7,11-12,19H2,1-4H3. The molecule has 0 aliphatic heterocycles. The molecule has 1 aromatic rings. The normalized spacial score (nSPS) is 24.9. The second kappa shape index (κ2) is 6.73. The van der Waals surface area contributed by atoms with Crippen LogP contribution in [0, 0.1) is 19.8 Å². The van der Waals surface area contributed by atoms with Gasteiger partial charge in [0.05, 0.1) is 0 Å². The molecule has 2 N–H and O–H groups in total. The van der Waals surface area contributed by atoms with Crippen LogP contribution in [0.2, 0.25) is 0 Å². The molecule has 1 fully saturated rings. The van der Waals surface area contributed by atoms with Crippen molar-refractivity contribution in [3.63, 3.8) is 0 Å². The van der Waals surface area contributed by atoms with Crippen molar-refractivity contribution in [1.29, 1.82) is 0 Å². The Kier molecular flexibility index (Phi) is 5.22. The Morgan fingerprint density at radius 1 is 1.30 bits per heavy atom. The topological polar surface area (TPSA) is 29.3 Å². The van der Waals surface area contributed by atoms with Crippen LogP contribution in [-0.2, 0) is 0 Å². The van der Waals surface area contributed by atoms with E-state index in [0.29, 0.717) is 0 Å². The first-order chi connectivity index (χ1) is 9.47. The first-order valence-electron chi connectivity index (χ1n) is 8.00. The predicted octanol–water partition coefficient (Wildman–Crippen LogP) is 3.81. The summed E-state index contributed by atoms with van der Waals surface area (Å²) in [5.41, 5.74) is 10.4. The van der Waals surface area contributed by atoms with Crippen LogP contribution in [-0.4, -0.2) is 24.5 Å². The molecule has 1 saturated carbocycles. The number of nitrogens with two attached hydrogens (primary N) is 1. The van der Waals surface area contributed by atoms with Crippen molar-refractivity contribution in [2.75, 3.05) is 13.6 Å². The lowest BCUT2D eigenvalue weighted by molar-refractivity contribution is 0.156. The first-order valence-corrected chi connectivity index (χ1v) is 8.00. The Hall–Kier alpha value is -0.860. The van der Waals surface area contributed by atoms with Gasteiger partial charge in [0.2, 0.25) is 0 Å². The van der Waals surface area contributed by atoms with E-state index < -0.39 is 0 Å². The molecule has 112 valence electrons. The van der Waals surface area contributed by atoms with Crippen molar-refractivity contribution in [2.24, 2.45) is 11.7 Å².